The molecule has 0 heterocycles. The lowest BCUT2D eigenvalue weighted by atomic mass is 10.0. The van der Waals surface area contributed by atoms with Gasteiger partial charge in [-0.15, -0.1) is 0 Å². The number of nitrogens with one attached hydrogen (secondary N) is 1. The molecule has 0 aliphatic heterocycles. The van der Waals surface area contributed by atoms with Gasteiger partial charge in [0.2, 0.25) is 5.91 Å². The highest BCUT2D eigenvalue weighted by Crippen LogP contribution is 2.25. The number of benzene rings is 1. The number of aliphatic hydroxyl groups excluding tert-OH is 1. The quantitative estimate of drug-likeness (QED) is 0.894. The first kappa shape index (κ1) is 14.5. The Morgan fingerprint density at radius 3 is 2.68 bits per heavy atom. The maximum absolute atomic E-state index is 12.0. The van der Waals surface area contributed by atoms with Gasteiger partial charge in [-0.3, -0.25) is 4.79 Å². The maximum Gasteiger partial charge on any atom is 0.225 e. The molecule has 3 atom stereocenters. The van der Waals surface area contributed by atoms with Crippen molar-refractivity contribution in [3.8, 4) is 0 Å². The summed E-state index contributed by atoms with van der Waals surface area (Å²) in [4.78, 5) is 12.0. The second-order valence-electron chi connectivity index (χ2n) is 5.34. The first-order valence-corrected chi connectivity index (χ1v) is 7.58. The molecule has 19 heavy (non-hydrogen) atoms. The maximum atomic E-state index is 12.0. The Kier molecular flexibility index (Phi) is 4.99. The van der Waals surface area contributed by atoms with Crippen molar-refractivity contribution in [2.24, 2.45) is 5.92 Å². The van der Waals surface area contributed by atoms with Crippen LogP contribution in [0.4, 0.5) is 0 Å². The third kappa shape index (κ3) is 4.05. The second kappa shape index (κ2) is 6.53. The Morgan fingerprint density at radius 1 is 1.42 bits per heavy atom. The summed E-state index contributed by atoms with van der Waals surface area (Å²) in [5.41, 5.74) is 1.20. The van der Waals surface area contributed by atoms with Crippen LogP contribution in [0.2, 0.25) is 0 Å². The summed E-state index contributed by atoms with van der Waals surface area (Å²) in [5.74, 6) is -0.220. The van der Waals surface area contributed by atoms with Gasteiger partial charge < -0.3 is 10.4 Å². The van der Waals surface area contributed by atoms with Crippen molar-refractivity contribution in [1.82, 2.24) is 5.32 Å². The van der Waals surface area contributed by atoms with Crippen LogP contribution in [0.5, 0.6) is 0 Å². The fraction of sp³-hybridized carbons (Fsp3) is 0.533. The molecule has 1 saturated carbocycles. The van der Waals surface area contributed by atoms with Gasteiger partial charge >= 0.3 is 0 Å². The largest absolute Gasteiger partial charge is 0.392 e. The fourth-order valence-electron chi connectivity index (χ4n) is 2.62. The summed E-state index contributed by atoms with van der Waals surface area (Å²) in [6.07, 6.45) is 2.85. The van der Waals surface area contributed by atoms with Crippen molar-refractivity contribution in [3.05, 3.63) is 34.3 Å². The molecule has 1 aromatic carbocycles. The Hall–Kier alpha value is -0.870. The molecule has 1 aliphatic rings. The van der Waals surface area contributed by atoms with E-state index in [0.717, 1.165) is 30.2 Å². The minimum atomic E-state index is -0.458. The average Bonchev–Trinajstić information content (AvgIpc) is 2.78. The normalized spacial score (nSPS) is 24.2. The highest BCUT2D eigenvalue weighted by molar-refractivity contribution is 9.10. The van der Waals surface area contributed by atoms with Gasteiger partial charge in [0.15, 0.2) is 0 Å². The van der Waals surface area contributed by atoms with Gasteiger partial charge in [0.25, 0.3) is 0 Å². The number of rotatable bonds is 4. The average molecular weight is 326 g/mol. The van der Waals surface area contributed by atoms with Crippen LogP contribution in [0.1, 0.15) is 31.7 Å². The molecule has 0 bridgehead atoms. The molecule has 1 aromatic rings. The molecular formula is C15H20BrNO2. The smallest absolute Gasteiger partial charge is 0.225 e. The Bertz CT molecular complexity index is 432. The summed E-state index contributed by atoms with van der Waals surface area (Å²) < 4.78 is 1.06. The number of carbonyl (C=O) groups is 1. The fourth-order valence-corrected chi connectivity index (χ4v) is 2.89. The summed E-state index contributed by atoms with van der Waals surface area (Å²) >= 11 is 3.41. The standard InChI is InChI=1S/C15H20BrNO2/c1-10(9-11-5-7-12(16)8-6-11)17-15(19)13-3-2-4-14(13)18/h5-8,10,13-14,18H,2-4,9H2,1H3,(H,17,19). The van der Waals surface area contributed by atoms with E-state index < -0.39 is 6.10 Å². The van der Waals surface area contributed by atoms with E-state index in [1.54, 1.807) is 0 Å². The first-order valence-electron chi connectivity index (χ1n) is 6.79. The van der Waals surface area contributed by atoms with Gasteiger partial charge in [0.1, 0.15) is 0 Å². The van der Waals surface area contributed by atoms with E-state index >= 15 is 0 Å². The zero-order valence-electron chi connectivity index (χ0n) is 11.1. The van der Waals surface area contributed by atoms with E-state index in [-0.39, 0.29) is 17.9 Å². The number of amides is 1. The topological polar surface area (TPSA) is 49.3 Å². The molecule has 3 unspecified atom stereocenters. The van der Waals surface area contributed by atoms with Crippen LogP contribution in [-0.2, 0) is 11.2 Å². The molecule has 0 aromatic heterocycles. The minimum Gasteiger partial charge on any atom is -0.392 e. The Balaban J connectivity index is 1.85. The van der Waals surface area contributed by atoms with Crippen LogP contribution in [0.15, 0.2) is 28.7 Å². The highest BCUT2D eigenvalue weighted by atomic mass is 79.9. The van der Waals surface area contributed by atoms with Crippen molar-refractivity contribution in [2.75, 3.05) is 0 Å². The number of carbonyl (C=O) groups excluding carboxylic acids is 1. The van der Waals surface area contributed by atoms with Gasteiger partial charge in [0, 0.05) is 10.5 Å². The van der Waals surface area contributed by atoms with E-state index in [4.69, 9.17) is 0 Å². The molecule has 2 rings (SSSR count). The predicted octanol–water partition coefficient (Wildman–Crippen LogP) is 2.66. The Labute approximate surface area is 122 Å². The van der Waals surface area contributed by atoms with Gasteiger partial charge in [-0.05, 0) is 50.3 Å². The van der Waals surface area contributed by atoms with Gasteiger partial charge in [-0.25, -0.2) is 0 Å². The molecule has 3 nitrogen and oxygen atoms in total. The third-order valence-electron chi connectivity index (χ3n) is 3.66. The van der Waals surface area contributed by atoms with Crippen molar-refractivity contribution >= 4 is 21.8 Å². The van der Waals surface area contributed by atoms with E-state index in [2.05, 4.69) is 33.4 Å². The van der Waals surface area contributed by atoms with Crippen molar-refractivity contribution in [2.45, 2.75) is 44.8 Å². The summed E-state index contributed by atoms with van der Waals surface area (Å²) in [6.45, 7) is 2.00. The van der Waals surface area contributed by atoms with E-state index in [1.807, 2.05) is 19.1 Å². The number of aliphatic hydroxyl groups is 1. The lowest BCUT2D eigenvalue weighted by molar-refractivity contribution is -0.128. The van der Waals surface area contributed by atoms with E-state index in [1.165, 1.54) is 5.56 Å². The first-order chi connectivity index (χ1) is 9.06. The molecule has 0 radical (unpaired) electrons. The molecule has 4 heteroatoms. The van der Waals surface area contributed by atoms with Crippen LogP contribution < -0.4 is 5.32 Å². The lowest BCUT2D eigenvalue weighted by Crippen LogP contribution is -2.40. The molecule has 1 amide bonds. The van der Waals surface area contributed by atoms with Gasteiger partial charge in [-0.2, -0.15) is 0 Å². The minimum absolute atomic E-state index is 0.00499. The molecule has 104 valence electrons. The van der Waals surface area contributed by atoms with Crippen LogP contribution in [0.25, 0.3) is 0 Å². The highest BCUT2D eigenvalue weighted by Gasteiger charge is 2.31. The molecule has 1 aliphatic carbocycles. The van der Waals surface area contributed by atoms with Crippen LogP contribution in [0, 0.1) is 5.92 Å². The third-order valence-corrected chi connectivity index (χ3v) is 4.19. The summed E-state index contributed by atoms with van der Waals surface area (Å²) in [7, 11) is 0. The van der Waals surface area contributed by atoms with Crippen LogP contribution >= 0.6 is 15.9 Å². The number of hydrogen-bond acceptors (Lipinski definition) is 2. The van der Waals surface area contributed by atoms with Gasteiger partial charge in [0.05, 0.1) is 12.0 Å². The molecule has 1 fully saturated rings. The molecule has 0 spiro atoms. The number of halogens is 1. The lowest BCUT2D eigenvalue weighted by Gasteiger charge is -2.19. The number of hydrogen-bond donors (Lipinski definition) is 2. The molecule has 0 saturated heterocycles. The predicted molar refractivity (Wildman–Crippen MR) is 78.8 cm³/mol. The van der Waals surface area contributed by atoms with Crippen molar-refractivity contribution in [1.29, 1.82) is 0 Å². The monoisotopic (exact) mass is 325 g/mol. The second-order valence-corrected chi connectivity index (χ2v) is 6.26. The Morgan fingerprint density at radius 2 is 2.11 bits per heavy atom. The summed E-state index contributed by atoms with van der Waals surface area (Å²) in [5, 5.41) is 12.7. The SMILES string of the molecule is CC(Cc1ccc(Br)cc1)NC(=O)C1CCCC1O. The van der Waals surface area contributed by atoms with Crippen molar-refractivity contribution < 1.29 is 9.90 Å². The summed E-state index contributed by atoms with van der Waals surface area (Å²) in [6, 6.07) is 8.20. The van der Waals surface area contributed by atoms with Crippen LogP contribution in [-0.4, -0.2) is 23.2 Å². The van der Waals surface area contributed by atoms with E-state index in [9.17, 15) is 9.90 Å². The molecule has 2 N–H and O–H groups in total. The van der Waals surface area contributed by atoms with E-state index in [0.29, 0.717) is 0 Å². The van der Waals surface area contributed by atoms with Crippen molar-refractivity contribution in [3.63, 3.8) is 0 Å². The zero-order chi connectivity index (χ0) is 13.8. The zero-order valence-corrected chi connectivity index (χ0v) is 12.7. The van der Waals surface area contributed by atoms with Crippen LogP contribution in [0.3, 0.4) is 0 Å². The van der Waals surface area contributed by atoms with Gasteiger partial charge in [-0.1, -0.05) is 28.1 Å². The molecular weight excluding hydrogens is 306 g/mol.